The van der Waals surface area contributed by atoms with E-state index in [2.05, 4.69) is 186 Å². The van der Waals surface area contributed by atoms with Gasteiger partial charge in [-0.2, -0.15) is 0 Å². The summed E-state index contributed by atoms with van der Waals surface area (Å²) in [5.41, 5.74) is 8.38. The number of nitrogens with zero attached hydrogens (tertiary/aromatic N) is 2. The van der Waals surface area contributed by atoms with Gasteiger partial charge in [0.15, 0.2) is 0 Å². The Bertz CT molecular complexity index is 3150. The molecule has 55 heavy (non-hydrogen) atoms. The number of allylic oxidation sites excluding steroid dienone is 1. The van der Waals surface area contributed by atoms with Crippen molar-refractivity contribution in [2.75, 3.05) is 9.80 Å². The maximum atomic E-state index is 6.98. The van der Waals surface area contributed by atoms with Crippen LogP contribution in [0.2, 0.25) is 0 Å². The van der Waals surface area contributed by atoms with Crippen molar-refractivity contribution in [1.29, 1.82) is 0 Å². The largest absolute Gasteiger partial charge is 0.310 e. The molecule has 258 valence electrons. The predicted molar refractivity (Wildman–Crippen MR) is 242 cm³/mol. The number of rotatable bonds is 6. The fourth-order valence-electron chi connectivity index (χ4n) is 8.33. The first kappa shape index (κ1) is 32.3. The van der Waals surface area contributed by atoms with Gasteiger partial charge >= 0.3 is 0 Å². The van der Waals surface area contributed by atoms with Gasteiger partial charge in [-0.25, -0.2) is 0 Å². The third-order valence-corrected chi connectivity index (χ3v) is 13.3. The first-order valence-corrected chi connectivity index (χ1v) is 20.4. The molecule has 0 amide bonds. The van der Waals surface area contributed by atoms with Crippen LogP contribution in [0.4, 0.5) is 34.1 Å². The van der Waals surface area contributed by atoms with E-state index in [1.54, 1.807) is 0 Å². The highest BCUT2D eigenvalue weighted by Crippen LogP contribution is 2.45. The van der Waals surface area contributed by atoms with Gasteiger partial charge in [0, 0.05) is 69.3 Å². The summed E-state index contributed by atoms with van der Waals surface area (Å²) in [5.74, 6) is 0. The fourth-order valence-corrected chi connectivity index (χ4v) is 10.6. The van der Waals surface area contributed by atoms with Crippen LogP contribution in [0.3, 0.4) is 0 Å². The normalized spacial score (nSPS) is 12.6. The average Bonchev–Trinajstić information content (AvgIpc) is 3.79. The summed E-state index contributed by atoms with van der Waals surface area (Å²) in [4.78, 5) is 6.20. The van der Waals surface area contributed by atoms with Crippen molar-refractivity contribution in [2.24, 2.45) is 0 Å². The lowest BCUT2D eigenvalue weighted by atomic mass is 9.93. The second kappa shape index (κ2) is 13.0. The molecule has 0 unspecified atom stereocenters. The number of benzene rings is 8. The quantitative estimate of drug-likeness (QED) is 0.157. The molecule has 1 aliphatic carbocycles. The first-order chi connectivity index (χ1) is 27.1. The van der Waals surface area contributed by atoms with Gasteiger partial charge in [-0.05, 0) is 125 Å². The molecule has 0 spiro atoms. The zero-order chi connectivity index (χ0) is 36.5. The van der Waals surface area contributed by atoms with Crippen molar-refractivity contribution in [1.82, 2.24) is 0 Å². The maximum Gasteiger partial charge on any atom is 0.114 e. The Balaban J connectivity index is 1.14. The molecule has 2 heterocycles. The van der Waals surface area contributed by atoms with E-state index in [9.17, 15) is 0 Å². The Labute approximate surface area is 329 Å². The van der Waals surface area contributed by atoms with Crippen LogP contribution in [0.15, 0.2) is 170 Å². The van der Waals surface area contributed by atoms with Gasteiger partial charge in [0.05, 0.1) is 0 Å². The molecule has 10 aromatic rings. The third kappa shape index (κ3) is 5.62. The zero-order valence-corrected chi connectivity index (χ0v) is 31.6. The summed E-state index contributed by atoms with van der Waals surface area (Å²) in [6.07, 6.45) is 6.83. The standard InChI is InChI=1S/C50H33BN2S2/c51-36-27-41(52(37-19-17-32-9-1-3-11-34(32)25-37)39-21-23-49-45(30-39)43-13-5-7-15-47(43)54-49)29-42(28-36)53(38-20-18-33-10-2-4-12-35(33)26-38)40-22-24-50-46(31-40)44-14-6-8-16-48(44)55-50/h1-7,9-15,17-31H,8,16H2. The highest BCUT2D eigenvalue weighted by molar-refractivity contribution is 7.25. The van der Waals surface area contributed by atoms with Crippen LogP contribution < -0.4 is 15.3 Å². The topological polar surface area (TPSA) is 6.48 Å². The summed E-state index contributed by atoms with van der Waals surface area (Å²) >= 11 is 3.77. The predicted octanol–water partition coefficient (Wildman–Crippen LogP) is 14.3. The summed E-state index contributed by atoms with van der Waals surface area (Å²) in [5, 5.41) is 8.65. The molecule has 1 aliphatic rings. The molecular formula is C50H33BN2S2. The number of hydrogen-bond donors (Lipinski definition) is 0. The summed E-state index contributed by atoms with van der Waals surface area (Å²) in [6, 6.07) is 59.6. The SMILES string of the molecule is [B]c1cc(N(c2ccc3ccccc3c2)c2ccc3sc4c(c3c2)C=CCC4)cc(N(c2ccc3ccccc3c2)c2ccc3sc4ccccc4c3c2)c1. The lowest BCUT2D eigenvalue weighted by molar-refractivity contribution is 1.02. The molecule has 0 atom stereocenters. The molecule has 0 saturated carbocycles. The Morgan fingerprint density at radius 2 is 0.945 bits per heavy atom. The van der Waals surface area contributed by atoms with Gasteiger partial charge in [-0.1, -0.05) is 96.5 Å². The molecule has 2 radical (unpaired) electrons. The van der Waals surface area contributed by atoms with Crippen molar-refractivity contribution in [3.63, 3.8) is 0 Å². The van der Waals surface area contributed by atoms with Crippen LogP contribution in [0.5, 0.6) is 0 Å². The van der Waals surface area contributed by atoms with E-state index in [1.165, 1.54) is 62.2 Å². The van der Waals surface area contributed by atoms with E-state index in [0.717, 1.165) is 47.0 Å². The second-order valence-electron chi connectivity index (χ2n) is 14.4. The number of anilines is 6. The number of fused-ring (bicyclic) bond motifs is 8. The lowest BCUT2D eigenvalue weighted by Gasteiger charge is -2.30. The molecule has 11 rings (SSSR count). The molecule has 2 nitrogen and oxygen atoms in total. The minimum atomic E-state index is 0.697. The zero-order valence-electron chi connectivity index (χ0n) is 29.9. The van der Waals surface area contributed by atoms with Crippen LogP contribution in [-0.4, -0.2) is 7.85 Å². The van der Waals surface area contributed by atoms with Crippen LogP contribution in [0.25, 0.3) is 57.9 Å². The summed E-state index contributed by atoms with van der Waals surface area (Å²) in [6.45, 7) is 0. The van der Waals surface area contributed by atoms with Gasteiger partial charge < -0.3 is 9.80 Å². The van der Waals surface area contributed by atoms with Gasteiger partial charge in [0.1, 0.15) is 7.85 Å². The average molecular weight is 737 g/mol. The van der Waals surface area contributed by atoms with E-state index >= 15 is 0 Å². The third-order valence-electron chi connectivity index (χ3n) is 10.9. The van der Waals surface area contributed by atoms with E-state index < -0.39 is 0 Å². The summed E-state index contributed by atoms with van der Waals surface area (Å²) < 4.78 is 3.90. The summed E-state index contributed by atoms with van der Waals surface area (Å²) in [7, 11) is 6.98. The minimum Gasteiger partial charge on any atom is -0.310 e. The van der Waals surface area contributed by atoms with E-state index in [-0.39, 0.29) is 0 Å². The Hall–Kier alpha value is -6.14. The highest BCUT2D eigenvalue weighted by atomic mass is 32.1. The van der Waals surface area contributed by atoms with Crippen molar-refractivity contribution in [2.45, 2.75) is 12.8 Å². The Morgan fingerprint density at radius 3 is 1.62 bits per heavy atom. The first-order valence-electron chi connectivity index (χ1n) is 18.7. The number of hydrogen-bond acceptors (Lipinski definition) is 4. The van der Waals surface area contributed by atoms with E-state index in [4.69, 9.17) is 7.85 Å². The molecular weight excluding hydrogens is 704 g/mol. The van der Waals surface area contributed by atoms with Crippen LogP contribution >= 0.6 is 22.7 Å². The van der Waals surface area contributed by atoms with E-state index in [1.807, 2.05) is 22.7 Å². The monoisotopic (exact) mass is 736 g/mol. The minimum absolute atomic E-state index is 0.697. The van der Waals surface area contributed by atoms with Crippen molar-refractivity contribution in [3.05, 3.63) is 180 Å². The molecule has 0 aliphatic heterocycles. The molecule has 5 heteroatoms. The Kier molecular flexibility index (Phi) is 7.65. The van der Waals surface area contributed by atoms with Crippen molar-refractivity contribution >= 4 is 128 Å². The number of aryl methyl sites for hydroxylation is 1. The van der Waals surface area contributed by atoms with Crippen molar-refractivity contribution in [3.8, 4) is 0 Å². The van der Waals surface area contributed by atoms with Crippen molar-refractivity contribution < 1.29 is 0 Å². The molecule has 2 aromatic heterocycles. The number of thiophene rings is 2. The molecule has 0 bridgehead atoms. The Morgan fingerprint density at radius 1 is 0.418 bits per heavy atom. The maximum absolute atomic E-state index is 6.98. The van der Waals surface area contributed by atoms with Crippen LogP contribution in [0.1, 0.15) is 16.9 Å². The van der Waals surface area contributed by atoms with E-state index in [0.29, 0.717) is 5.46 Å². The van der Waals surface area contributed by atoms with Crippen LogP contribution in [-0.2, 0) is 6.42 Å². The molecule has 0 fully saturated rings. The second-order valence-corrected chi connectivity index (χ2v) is 16.6. The smallest absolute Gasteiger partial charge is 0.114 e. The van der Waals surface area contributed by atoms with Gasteiger partial charge in [-0.15, -0.1) is 22.7 Å². The van der Waals surface area contributed by atoms with Gasteiger partial charge in [-0.3, -0.25) is 0 Å². The molecule has 0 N–H and O–H groups in total. The van der Waals surface area contributed by atoms with Gasteiger partial charge in [0.25, 0.3) is 0 Å². The van der Waals surface area contributed by atoms with Crippen LogP contribution in [0, 0.1) is 0 Å². The highest BCUT2D eigenvalue weighted by Gasteiger charge is 2.21. The molecule has 8 aromatic carbocycles. The fraction of sp³-hybridized carbons (Fsp3) is 0.0400. The van der Waals surface area contributed by atoms with Gasteiger partial charge in [0.2, 0.25) is 0 Å². The molecule has 0 saturated heterocycles. The lowest BCUT2D eigenvalue weighted by Crippen LogP contribution is -2.17.